The zero-order chi connectivity index (χ0) is 12.2. The van der Waals surface area contributed by atoms with E-state index in [1.165, 1.54) is 12.8 Å². The van der Waals surface area contributed by atoms with Crippen LogP contribution in [0.3, 0.4) is 0 Å². The number of rotatable bonds is 11. The van der Waals surface area contributed by atoms with Gasteiger partial charge in [0.2, 0.25) is 0 Å². The highest BCUT2D eigenvalue weighted by Crippen LogP contribution is 2.01. The second-order valence-corrected chi connectivity index (χ2v) is 4.09. The first-order chi connectivity index (χ1) is 7.72. The number of hydrogen-bond donors (Lipinski definition) is 3. The molecule has 1 atom stereocenters. The van der Waals surface area contributed by atoms with Crippen LogP contribution in [0.4, 0.5) is 0 Å². The summed E-state index contributed by atoms with van der Waals surface area (Å²) in [5.41, 5.74) is 0. The lowest BCUT2D eigenvalue weighted by Crippen LogP contribution is -2.32. The number of ketones is 1. The Labute approximate surface area is 98.1 Å². The second-order valence-electron chi connectivity index (χ2n) is 4.09. The van der Waals surface area contributed by atoms with Crippen molar-refractivity contribution in [2.75, 3.05) is 19.7 Å². The smallest absolute Gasteiger partial charge is 0.174 e. The second kappa shape index (κ2) is 11.0. The van der Waals surface area contributed by atoms with Gasteiger partial charge in [-0.05, 0) is 32.2 Å². The van der Waals surface area contributed by atoms with Crippen LogP contribution < -0.4 is 5.32 Å². The van der Waals surface area contributed by atoms with Crippen LogP contribution in [0.15, 0.2) is 0 Å². The van der Waals surface area contributed by atoms with Gasteiger partial charge in [0.25, 0.3) is 0 Å². The number of carbonyl (C=O) groups is 1. The summed E-state index contributed by atoms with van der Waals surface area (Å²) in [5, 5.41) is 21.1. The van der Waals surface area contributed by atoms with Crippen molar-refractivity contribution in [1.82, 2.24) is 5.32 Å². The topological polar surface area (TPSA) is 69.6 Å². The average Bonchev–Trinajstić information content (AvgIpc) is 2.28. The Morgan fingerprint density at radius 1 is 1.25 bits per heavy atom. The molecule has 16 heavy (non-hydrogen) atoms. The summed E-state index contributed by atoms with van der Waals surface area (Å²) in [6.45, 7) is 3.35. The third kappa shape index (κ3) is 8.83. The van der Waals surface area contributed by atoms with Crippen molar-refractivity contribution in [2.24, 2.45) is 0 Å². The number of carbonyl (C=O) groups excluding carboxylic acids is 1. The first kappa shape index (κ1) is 15.6. The molecule has 1 unspecified atom stereocenters. The maximum absolute atomic E-state index is 11.4. The van der Waals surface area contributed by atoms with Gasteiger partial charge in [0.05, 0.1) is 6.54 Å². The van der Waals surface area contributed by atoms with Crippen molar-refractivity contribution in [3.63, 3.8) is 0 Å². The highest BCUT2D eigenvalue weighted by molar-refractivity contribution is 5.84. The molecule has 3 N–H and O–H groups in total. The molecule has 0 amide bonds. The Morgan fingerprint density at radius 3 is 2.62 bits per heavy atom. The molecule has 0 radical (unpaired) electrons. The van der Waals surface area contributed by atoms with Crippen LogP contribution in [0.5, 0.6) is 0 Å². The van der Waals surface area contributed by atoms with Crippen LogP contribution >= 0.6 is 0 Å². The molecule has 4 nitrogen and oxygen atoms in total. The zero-order valence-electron chi connectivity index (χ0n) is 10.2. The lowest BCUT2D eigenvalue weighted by atomic mass is 10.1. The van der Waals surface area contributed by atoms with E-state index < -0.39 is 6.10 Å². The van der Waals surface area contributed by atoms with Crippen LogP contribution in [0.2, 0.25) is 0 Å². The van der Waals surface area contributed by atoms with E-state index in [0.29, 0.717) is 19.3 Å². The van der Waals surface area contributed by atoms with Gasteiger partial charge in [0.15, 0.2) is 5.78 Å². The highest BCUT2D eigenvalue weighted by atomic mass is 16.3. The number of aliphatic hydroxyl groups excluding tert-OH is 2. The van der Waals surface area contributed by atoms with Gasteiger partial charge in [-0.25, -0.2) is 0 Å². The summed E-state index contributed by atoms with van der Waals surface area (Å²) in [5.74, 6) is -0.144. The van der Waals surface area contributed by atoms with Crippen molar-refractivity contribution in [1.29, 1.82) is 0 Å². The zero-order valence-corrected chi connectivity index (χ0v) is 10.2. The predicted molar refractivity (Wildman–Crippen MR) is 64.3 cm³/mol. The Hall–Kier alpha value is -0.450. The summed E-state index contributed by atoms with van der Waals surface area (Å²) in [6.07, 6.45) is 4.33. The van der Waals surface area contributed by atoms with Crippen molar-refractivity contribution < 1.29 is 15.0 Å². The first-order valence-corrected chi connectivity index (χ1v) is 6.24. The Balaban J connectivity index is 3.40. The van der Waals surface area contributed by atoms with E-state index in [9.17, 15) is 9.90 Å². The fourth-order valence-corrected chi connectivity index (χ4v) is 1.44. The molecule has 96 valence electrons. The minimum absolute atomic E-state index is 0.121. The fraction of sp³-hybridized carbons (Fsp3) is 0.917. The summed E-state index contributed by atoms with van der Waals surface area (Å²) in [7, 11) is 0. The van der Waals surface area contributed by atoms with Gasteiger partial charge in [-0.2, -0.15) is 0 Å². The molecule has 0 aliphatic carbocycles. The van der Waals surface area contributed by atoms with Crippen molar-refractivity contribution in [2.45, 2.75) is 51.6 Å². The molecule has 0 bridgehead atoms. The molecule has 0 aromatic rings. The van der Waals surface area contributed by atoms with E-state index in [1.807, 2.05) is 0 Å². The molecule has 0 aliphatic rings. The van der Waals surface area contributed by atoms with Gasteiger partial charge in [-0.3, -0.25) is 4.79 Å². The van der Waals surface area contributed by atoms with Gasteiger partial charge in [0.1, 0.15) is 6.10 Å². The SMILES string of the molecule is CCCCCNCC(=O)C(O)CCCCO. The number of Topliss-reactive ketones (excluding diaryl/α,β-unsaturated/α-hetero) is 1. The third-order valence-electron chi connectivity index (χ3n) is 2.51. The molecule has 0 fully saturated rings. The lowest BCUT2D eigenvalue weighted by Gasteiger charge is -2.09. The maximum Gasteiger partial charge on any atom is 0.174 e. The summed E-state index contributed by atoms with van der Waals surface area (Å²) in [4.78, 5) is 11.4. The molecule has 0 saturated heterocycles. The molecule has 0 saturated carbocycles. The van der Waals surface area contributed by atoms with Crippen LogP contribution in [0, 0.1) is 0 Å². The van der Waals surface area contributed by atoms with Gasteiger partial charge >= 0.3 is 0 Å². The van der Waals surface area contributed by atoms with Gasteiger partial charge in [-0.15, -0.1) is 0 Å². The minimum atomic E-state index is -0.870. The quantitative estimate of drug-likeness (QED) is 0.461. The van der Waals surface area contributed by atoms with E-state index in [4.69, 9.17) is 5.11 Å². The minimum Gasteiger partial charge on any atom is -0.396 e. The standard InChI is InChI=1S/C12H25NO3/c1-2-3-5-8-13-10-12(16)11(15)7-4-6-9-14/h11,13-15H,2-10H2,1H3. The van der Waals surface area contributed by atoms with E-state index in [-0.39, 0.29) is 18.9 Å². The summed E-state index contributed by atoms with van der Waals surface area (Å²) < 4.78 is 0. The molecule has 0 aromatic carbocycles. The van der Waals surface area contributed by atoms with Gasteiger partial charge < -0.3 is 15.5 Å². The Kier molecular flexibility index (Phi) is 10.7. The number of aliphatic hydroxyl groups is 2. The average molecular weight is 231 g/mol. The monoisotopic (exact) mass is 231 g/mol. The molecule has 0 aliphatic heterocycles. The predicted octanol–water partition coefficient (Wildman–Crippen LogP) is 0.859. The van der Waals surface area contributed by atoms with Gasteiger partial charge in [0, 0.05) is 6.61 Å². The lowest BCUT2D eigenvalue weighted by molar-refractivity contribution is -0.126. The molecule has 4 heteroatoms. The number of hydrogen-bond acceptors (Lipinski definition) is 4. The van der Waals surface area contributed by atoms with Crippen molar-refractivity contribution in [3.8, 4) is 0 Å². The Bertz CT molecular complexity index is 174. The van der Waals surface area contributed by atoms with Gasteiger partial charge in [-0.1, -0.05) is 19.8 Å². The highest BCUT2D eigenvalue weighted by Gasteiger charge is 2.13. The van der Waals surface area contributed by atoms with Crippen LogP contribution in [0.25, 0.3) is 0 Å². The molecular formula is C12H25NO3. The van der Waals surface area contributed by atoms with E-state index >= 15 is 0 Å². The van der Waals surface area contributed by atoms with E-state index in [2.05, 4.69) is 12.2 Å². The fourth-order valence-electron chi connectivity index (χ4n) is 1.44. The number of nitrogens with one attached hydrogen (secondary N) is 1. The normalized spacial score (nSPS) is 12.7. The van der Waals surface area contributed by atoms with Crippen molar-refractivity contribution in [3.05, 3.63) is 0 Å². The molecule has 0 heterocycles. The summed E-state index contributed by atoms with van der Waals surface area (Å²) >= 11 is 0. The van der Waals surface area contributed by atoms with Crippen LogP contribution in [0.1, 0.15) is 45.4 Å². The molecular weight excluding hydrogens is 206 g/mol. The molecule has 0 aromatic heterocycles. The molecule has 0 spiro atoms. The summed E-state index contributed by atoms with van der Waals surface area (Å²) in [6, 6.07) is 0. The van der Waals surface area contributed by atoms with E-state index in [1.54, 1.807) is 0 Å². The molecule has 0 rings (SSSR count). The largest absolute Gasteiger partial charge is 0.396 e. The Morgan fingerprint density at radius 2 is 2.00 bits per heavy atom. The van der Waals surface area contributed by atoms with Crippen molar-refractivity contribution >= 4 is 5.78 Å². The van der Waals surface area contributed by atoms with Crippen LogP contribution in [-0.2, 0) is 4.79 Å². The number of unbranched alkanes of at least 4 members (excludes halogenated alkanes) is 3. The first-order valence-electron chi connectivity index (χ1n) is 6.24. The van der Waals surface area contributed by atoms with E-state index in [0.717, 1.165) is 13.0 Å². The van der Waals surface area contributed by atoms with Crippen LogP contribution in [-0.4, -0.2) is 41.8 Å². The maximum atomic E-state index is 11.4. The third-order valence-corrected chi connectivity index (χ3v) is 2.51.